The van der Waals surface area contributed by atoms with Gasteiger partial charge in [0.05, 0.1) is 15.7 Å². The zero-order valence-electron chi connectivity index (χ0n) is 13.1. The summed E-state index contributed by atoms with van der Waals surface area (Å²) in [5.74, 6) is -0.702. The van der Waals surface area contributed by atoms with Crippen LogP contribution in [0.25, 0.3) is 0 Å². The number of halogens is 3. The number of anilines is 2. The van der Waals surface area contributed by atoms with Crippen molar-refractivity contribution in [2.75, 3.05) is 16.8 Å². The Morgan fingerprint density at radius 3 is 2.21 bits per heavy atom. The molecule has 0 aromatic heterocycles. The van der Waals surface area contributed by atoms with Crippen molar-refractivity contribution in [2.45, 2.75) is 13.8 Å². The summed E-state index contributed by atoms with van der Waals surface area (Å²) in [5.41, 5.74) is 1.74. The van der Waals surface area contributed by atoms with Crippen LogP contribution in [0.4, 0.5) is 11.4 Å². The maximum atomic E-state index is 12.3. The Bertz CT molecular complexity index is 773. The Kier molecular flexibility index (Phi) is 6.10. The molecule has 0 atom stereocenters. The van der Waals surface area contributed by atoms with Crippen LogP contribution in [0.5, 0.6) is 0 Å². The van der Waals surface area contributed by atoms with Gasteiger partial charge in [0.1, 0.15) is 6.54 Å². The zero-order valence-corrected chi connectivity index (χ0v) is 15.3. The Balaban J connectivity index is 2.20. The average Bonchev–Trinajstić information content (AvgIpc) is 2.51. The van der Waals surface area contributed by atoms with Gasteiger partial charge >= 0.3 is 0 Å². The molecule has 0 aliphatic rings. The van der Waals surface area contributed by atoms with E-state index in [-0.39, 0.29) is 12.5 Å². The molecule has 0 heterocycles. The normalized spacial score (nSPS) is 10.4. The van der Waals surface area contributed by atoms with Gasteiger partial charge < -0.3 is 10.2 Å². The van der Waals surface area contributed by atoms with E-state index in [0.29, 0.717) is 26.4 Å². The van der Waals surface area contributed by atoms with E-state index >= 15 is 0 Å². The molecule has 0 saturated heterocycles. The smallest absolute Gasteiger partial charge is 0.244 e. The molecule has 0 bridgehead atoms. The molecule has 0 unspecified atom stereocenters. The van der Waals surface area contributed by atoms with Crippen molar-refractivity contribution in [3.05, 3.63) is 57.0 Å². The van der Waals surface area contributed by atoms with Crippen molar-refractivity contribution in [1.82, 2.24) is 0 Å². The second kappa shape index (κ2) is 7.88. The van der Waals surface area contributed by atoms with E-state index in [0.717, 1.165) is 5.56 Å². The maximum absolute atomic E-state index is 12.3. The highest BCUT2D eigenvalue weighted by atomic mass is 35.5. The molecule has 2 aromatic carbocycles. The summed E-state index contributed by atoms with van der Waals surface area (Å²) in [4.78, 5) is 25.5. The minimum absolute atomic E-state index is 0.184. The lowest BCUT2D eigenvalue weighted by atomic mass is 10.2. The lowest BCUT2D eigenvalue weighted by Gasteiger charge is -2.21. The van der Waals surface area contributed by atoms with Gasteiger partial charge in [-0.25, -0.2) is 0 Å². The van der Waals surface area contributed by atoms with Crippen LogP contribution in [-0.4, -0.2) is 18.4 Å². The Morgan fingerprint density at radius 1 is 1.04 bits per heavy atom. The lowest BCUT2D eigenvalue weighted by Crippen LogP contribution is -2.36. The van der Waals surface area contributed by atoms with Crippen LogP contribution in [0.15, 0.2) is 36.4 Å². The monoisotopic (exact) mass is 384 g/mol. The SMILES string of the molecule is CC(=O)N(CC(=O)Nc1c(Cl)cccc1Cl)c1ccc(C)c(Cl)c1. The number of benzene rings is 2. The van der Waals surface area contributed by atoms with Gasteiger partial charge in [0.25, 0.3) is 0 Å². The molecule has 0 aliphatic heterocycles. The summed E-state index contributed by atoms with van der Waals surface area (Å²) in [6.45, 7) is 3.05. The molecule has 2 aromatic rings. The van der Waals surface area contributed by atoms with Crippen LogP contribution in [0.1, 0.15) is 12.5 Å². The molecule has 1 N–H and O–H groups in total. The zero-order chi connectivity index (χ0) is 17.9. The van der Waals surface area contributed by atoms with Gasteiger partial charge in [0.15, 0.2) is 0 Å². The number of para-hydroxylation sites is 1. The quantitative estimate of drug-likeness (QED) is 0.810. The first-order chi connectivity index (χ1) is 11.3. The number of carbonyl (C=O) groups is 2. The van der Waals surface area contributed by atoms with E-state index in [1.807, 2.05) is 6.92 Å². The molecule has 0 fully saturated rings. The highest BCUT2D eigenvalue weighted by Gasteiger charge is 2.18. The first kappa shape index (κ1) is 18.6. The van der Waals surface area contributed by atoms with Crippen molar-refractivity contribution in [3.63, 3.8) is 0 Å². The number of hydrogen-bond donors (Lipinski definition) is 1. The summed E-state index contributed by atoms with van der Waals surface area (Å²) in [6, 6.07) is 10.1. The summed E-state index contributed by atoms with van der Waals surface area (Å²) in [6.07, 6.45) is 0. The summed E-state index contributed by atoms with van der Waals surface area (Å²) in [5, 5.41) is 3.80. The Morgan fingerprint density at radius 2 is 1.67 bits per heavy atom. The summed E-state index contributed by atoms with van der Waals surface area (Å²) in [7, 11) is 0. The predicted octanol–water partition coefficient (Wildman–Crippen LogP) is 4.95. The number of nitrogens with zero attached hydrogens (tertiary/aromatic N) is 1. The van der Waals surface area contributed by atoms with Gasteiger partial charge in [-0.05, 0) is 36.8 Å². The lowest BCUT2D eigenvalue weighted by molar-refractivity contribution is -0.120. The van der Waals surface area contributed by atoms with Gasteiger partial charge in [0, 0.05) is 17.6 Å². The molecule has 0 saturated carbocycles. The number of aryl methyl sites for hydroxylation is 1. The fourth-order valence-corrected chi connectivity index (χ4v) is 2.74. The topological polar surface area (TPSA) is 49.4 Å². The minimum Gasteiger partial charge on any atom is -0.322 e. The highest BCUT2D eigenvalue weighted by molar-refractivity contribution is 6.39. The van der Waals surface area contributed by atoms with E-state index in [9.17, 15) is 9.59 Å². The van der Waals surface area contributed by atoms with Gasteiger partial charge in [-0.3, -0.25) is 9.59 Å². The molecule has 0 spiro atoms. The van der Waals surface area contributed by atoms with Crippen LogP contribution in [-0.2, 0) is 9.59 Å². The van der Waals surface area contributed by atoms with E-state index < -0.39 is 5.91 Å². The number of hydrogen-bond acceptors (Lipinski definition) is 2. The van der Waals surface area contributed by atoms with Gasteiger partial charge in [-0.15, -0.1) is 0 Å². The van der Waals surface area contributed by atoms with Crippen LogP contribution in [0.3, 0.4) is 0 Å². The Labute approximate surface area is 155 Å². The van der Waals surface area contributed by atoms with Crippen LogP contribution < -0.4 is 10.2 Å². The van der Waals surface area contributed by atoms with Crippen molar-refractivity contribution in [2.24, 2.45) is 0 Å². The summed E-state index contributed by atoms with van der Waals surface area (Å²) < 4.78 is 0. The molecule has 0 aliphatic carbocycles. The third kappa shape index (κ3) is 4.41. The number of rotatable bonds is 4. The van der Waals surface area contributed by atoms with E-state index in [1.165, 1.54) is 11.8 Å². The van der Waals surface area contributed by atoms with Crippen molar-refractivity contribution < 1.29 is 9.59 Å². The van der Waals surface area contributed by atoms with Gasteiger partial charge in [-0.2, -0.15) is 0 Å². The first-order valence-corrected chi connectivity index (χ1v) is 8.21. The fraction of sp³-hybridized carbons (Fsp3) is 0.176. The third-order valence-electron chi connectivity index (χ3n) is 3.38. The second-order valence-corrected chi connectivity index (χ2v) is 6.41. The molecule has 24 heavy (non-hydrogen) atoms. The molecular weight excluding hydrogens is 371 g/mol. The number of amides is 2. The molecule has 2 amide bonds. The molecule has 4 nitrogen and oxygen atoms in total. The molecule has 2 rings (SSSR count). The van der Waals surface area contributed by atoms with Crippen LogP contribution in [0, 0.1) is 6.92 Å². The molecule has 0 radical (unpaired) electrons. The average molecular weight is 386 g/mol. The van der Waals surface area contributed by atoms with Gasteiger partial charge in [-0.1, -0.05) is 46.9 Å². The van der Waals surface area contributed by atoms with Crippen molar-refractivity contribution in [1.29, 1.82) is 0 Å². The van der Waals surface area contributed by atoms with E-state index in [4.69, 9.17) is 34.8 Å². The molecule has 7 heteroatoms. The first-order valence-electron chi connectivity index (χ1n) is 7.07. The Hall–Kier alpha value is -1.75. The van der Waals surface area contributed by atoms with E-state index in [1.54, 1.807) is 36.4 Å². The second-order valence-electron chi connectivity index (χ2n) is 5.18. The van der Waals surface area contributed by atoms with Crippen molar-refractivity contribution >= 4 is 58.0 Å². The predicted molar refractivity (Wildman–Crippen MR) is 99.3 cm³/mol. The van der Waals surface area contributed by atoms with Crippen molar-refractivity contribution in [3.8, 4) is 0 Å². The molecular formula is C17H15Cl3N2O2. The highest BCUT2D eigenvalue weighted by Crippen LogP contribution is 2.30. The minimum atomic E-state index is -0.420. The van der Waals surface area contributed by atoms with E-state index in [2.05, 4.69) is 5.32 Å². The third-order valence-corrected chi connectivity index (χ3v) is 4.41. The number of nitrogens with one attached hydrogen (secondary N) is 1. The summed E-state index contributed by atoms with van der Waals surface area (Å²) >= 11 is 18.2. The fourth-order valence-electron chi connectivity index (χ4n) is 2.07. The molecule has 126 valence electrons. The number of carbonyl (C=O) groups excluding carboxylic acids is 2. The van der Waals surface area contributed by atoms with Crippen LogP contribution in [0.2, 0.25) is 15.1 Å². The standard InChI is InChI=1S/C17H15Cl3N2O2/c1-10-6-7-12(8-15(10)20)22(11(2)23)9-16(24)21-17-13(18)4-3-5-14(17)19/h3-8H,9H2,1-2H3,(H,21,24). The maximum Gasteiger partial charge on any atom is 0.244 e. The van der Waals surface area contributed by atoms with Gasteiger partial charge in [0.2, 0.25) is 11.8 Å². The largest absolute Gasteiger partial charge is 0.322 e. The van der Waals surface area contributed by atoms with Crippen LogP contribution >= 0.6 is 34.8 Å².